The number of nitrogens with zero attached hydrogens (tertiary/aromatic N) is 1. The van der Waals surface area contributed by atoms with Gasteiger partial charge >= 0.3 is 0 Å². The van der Waals surface area contributed by atoms with E-state index in [0.717, 1.165) is 16.0 Å². The Kier molecular flexibility index (Phi) is 7.20. The minimum Gasteiger partial charge on any atom is -0.504 e. The van der Waals surface area contributed by atoms with E-state index in [0.29, 0.717) is 0 Å². The fourth-order valence-corrected chi connectivity index (χ4v) is 5.35. The van der Waals surface area contributed by atoms with Gasteiger partial charge in [0, 0.05) is 5.69 Å². The molecule has 0 bridgehead atoms. The minimum absolute atomic E-state index is 0.0865. The third-order valence-corrected chi connectivity index (χ3v) is 7.55. The highest BCUT2D eigenvalue weighted by Crippen LogP contribution is 2.63. The minimum atomic E-state index is -0.929. The topological polar surface area (TPSA) is 165 Å². The molecule has 9 heteroatoms. The summed E-state index contributed by atoms with van der Waals surface area (Å²) in [5.74, 6) is -6.97. The fraction of sp³-hybridized carbons (Fsp3) is 0. The van der Waals surface area contributed by atoms with E-state index in [1.165, 1.54) is 12.1 Å². The molecule has 0 aromatic heterocycles. The summed E-state index contributed by atoms with van der Waals surface area (Å²) in [4.78, 5) is 0.909. The molecule has 6 rings (SSSR count). The third-order valence-electron chi connectivity index (χ3n) is 7.55. The van der Waals surface area contributed by atoms with E-state index < -0.39 is 57.4 Å². The summed E-state index contributed by atoms with van der Waals surface area (Å²) in [6, 6.07) is 31.9. The Morgan fingerprint density at radius 1 is 0.289 bits per heavy atom. The maximum Gasteiger partial charge on any atom is 0.186 e. The lowest BCUT2D eigenvalue weighted by Crippen LogP contribution is -2.12. The molecule has 0 amide bonds. The van der Waals surface area contributed by atoms with Crippen LogP contribution in [-0.4, -0.2) is 40.9 Å². The Balaban J connectivity index is 1.64. The van der Waals surface area contributed by atoms with Crippen molar-refractivity contribution >= 4 is 17.1 Å². The Morgan fingerprint density at radius 3 is 0.911 bits per heavy atom. The summed E-state index contributed by atoms with van der Waals surface area (Å²) in [5, 5.41) is 90.1. The predicted octanol–water partition coefficient (Wildman–Crippen LogP) is 7.80. The molecule has 224 valence electrons. The zero-order valence-corrected chi connectivity index (χ0v) is 23.5. The Labute approximate surface area is 257 Å². The second-order valence-corrected chi connectivity index (χ2v) is 10.2. The number of phenols is 8. The molecule has 0 atom stereocenters. The average Bonchev–Trinajstić information content (AvgIpc) is 3.07. The van der Waals surface area contributed by atoms with Crippen LogP contribution in [0.3, 0.4) is 0 Å². The van der Waals surface area contributed by atoms with Crippen LogP contribution in [0.2, 0.25) is 0 Å². The van der Waals surface area contributed by atoms with Gasteiger partial charge in [0.25, 0.3) is 0 Å². The van der Waals surface area contributed by atoms with Gasteiger partial charge in [0.1, 0.15) is 11.4 Å². The molecule has 0 fully saturated rings. The van der Waals surface area contributed by atoms with Gasteiger partial charge in [-0.15, -0.1) is 0 Å². The molecule has 6 aromatic carbocycles. The molecule has 6 aromatic rings. The highest BCUT2D eigenvalue weighted by Gasteiger charge is 2.35. The van der Waals surface area contributed by atoms with Crippen molar-refractivity contribution in [1.29, 1.82) is 0 Å². The van der Waals surface area contributed by atoms with Gasteiger partial charge in [0.05, 0.1) is 11.1 Å². The molecular formula is C36H27NO8. The van der Waals surface area contributed by atoms with E-state index in [9.17, 15) is 40.9 Å². The molecule has 45 heavy (non-hydrogen) atoms. The molecule has 0 unspecified atom stereocenters. The van der Waals surface area contributed by atoms with Crippen LogP contribution in [0.4, 0.5) is 17.1 Å². The van der Waals surface area contributed by atoms with Crippen molar-refractivity contribution in [3.63, 3.8) is 0 Å². The lowest BCUT2D eigenvalue weighted by atomic mass is 9.98. The molecule has 0 heterocycles. The van der Waals surface area contributed by atoms with Gasteiger partial charge in [-0.3, -0.25) is 4.90 Å². The van der Waals surface area contributed by atoms with Gasteiger partial charge in [-0.25, -0.2) is 0 Å². The monoisotopic (exact) mass is 601 g/mol. The van der Waals surface area contributed by atoms with Crippen LogP contribution in [0.1, 0.15) is 0 Å². The molecule has 0 saturated carbocycles. The van der Waals surface area contributed by atoms with Crippen molar-refractivity contribution < 1.29 is 40.9 Å². The maximum atomic E-state index is 11.4. The van der Waals surface area contributed by atoms with Crippen LogP contribution in [0.25, 0.3) is 33.4 Å². The van der Waals surface area contributed by atoms with Crippen LogP contribution in [0.15, 0.2) is 115 Å². The standard InChI is InChI=1S/C36H27NO8/c38-29-25(22-12-6-2-7-13-22)30(39)34(43)27(33(29)42)37(24-18-16-21(17-19-24)20-10-4-1-5-11-20)28-35(44)31(40)26(32(41)36(28)45)23-14-8-3-9-15-23/h1-19,38-45H. The number of phenolic OH excluding ortho intramolecular Hbond substituents is 8. The number of anilines is 3. The maximum absolute atomic E-state index is 11.4. The summed E-state index contributed by atoms with van der Waals surface area (Å²) in [6.07, 6.45) is 0. The van der Waals surface area contributed by atoms with Crippen molar-refractivity contribution in [2.24, 2.45) is 0 Å². The summed E-state index contributed by atoms with van der Waals surface area (Å²) in [6.45, 7) is 0. The van der Waals surface area contributed by atoms with Crippen LogP contribution in [0.5, 0.6) is 46.0 Å². The van der Waals surface area contributed by atoms with E-state index in [4.69, 9.17) is 0 Å². The van der Waals surface area contributed by atoms with E-state index in [-0.39, 0.29) is 27.9 Å². The van der Waals surface area contributed by atoms with Crippen molar-refractivity contribution in [1.82, 2.24) is 0 Å². The van der Waals surface area contributed by atoms with E-state index in [1.807, 2.05) is 30.3 Å². The first-order valence-electron chi connectivity index (χ1n) is 13.8. The van der Waals surface area contributed by atoms with Crippen molar-refractivity contribution in [3.8, 4) is 79.4 Å². The fourth-order valence-electron chi connectivity index (χ4n) is 5.35. The Hall–Kier alpha value is -6.48. The van der Waals surface area contributed by atoms with Crippen molar-refractivity contribution in [2.75, 3.05) is 4.90 Å². The predicted molar refractivity (Wildman–Crippen MR) is 171 cm³/mol. The Morgan fingerprint density at radius 2 is 0.578 bits per heavy atom. The van der Waals surface area contributed by atoms with Crippen LogP contribution in [0, 0.1) is 0 Å². The number of hydrogen-bond donors (Lipinski definition) is 8. The number of hydrogen-bond acceptors (Lipinski definition) is 9. The molecule has 8 N–H and O–H groups in total. The number of aromatic hydroxyl groups is 8. The largest absolute Gasteiger partial charge is 0.504 e. The zero-order valence-electron chi connectivity index (χ0n) is 23.5. The van der Waals surface area contributed by atoms with Gasteiger partial charge in [-0.05, 0) is 34.4 Å². The van der Waals surface area contributed by atoms with Crippen molar-refractivity contribution in [2.45, 2.75) is 0 Å². The summed E-state index contributed by atoms with van der Waals surface area (Å²) < 4.78 is 0. The molecular weight excluding hydrogens is 574 g/mol. The van der Waals surface area contributed by atoms with E-state index in [2.05, 4.69) is 0 Å². The molecule has 0 radical (unpaired) electrons. The summed E-state index contributed by atoms with van der Waals surface area (Å²) in [5.41, 5.74) is 0.424. The SMILES string of the molecule is Oc1c(O)c(N(c2ccc(-c3ccccc3)cc2)c2c(O)c(O)c(-c3ccccc3)c(O)c2O)c(O)c(O)c1-c1ccccc1. The number of rotatable bonds is 6. The molecule has 0 aliphatic carbocycles. The normalized spacial score (nSPS) is 10.9. The molecule has 0 aliphatic rings. The molecule has 0 spiro atoms. The van der Waals surface area contributed by atoms with E-state index in [1.54, 1.807) is 72.8 Å². The molecule has 0 aliphatic heterocycles. The van der Waals surface area contributed by atoms with Crippen LogP contribution >= 0.6 is 0 Å². The van der Waals surface area contributed by atoms with E-state index >= 15 is 0 Å². The van der Waals surface area contributed by atoms with Gasteiger partial charge in [0.2, 0.25) is 0 Å². The quantitative estimate of drug-likeness (QED) is 0.0702. The summed E-state index contributed by atoms with van der Waals surface area (Å²) in [7, 11) is 0. The van der Waals surface area contributed by atoms with Crippen LogP contribution in [-0.2, 0) is 0 Å². The second-order valence-electron chi connectivity index (χ2n) is 10.2. The second kappa shape index (κ2) is 11.3. The highest BCUT2D eigenvalue weighted by atomic mass is 16.3. The first kappa shape index (κ1) is 28.6. The first-order valence-corrected chi connectivity index (χ1v) is 13.8. The molecule has 9 nitrogen and oxygen atoms in total. The smallest absolute Gasteiger partial charge is 0.186 e. The van der Waals surface area contributed by atoms with Crippen molar-refractivity contribution in [3.05, 3.63) is 115 Å². The Bertz CT molecular complexity index is 1850. The molecule has 0 saturated heterocycles. The number of benzene rings is 6. The van der Waals surface area contributed by atoms with Gasteiger partial charge in [0.15, 0.2) is 46.0 Å². The highest BCUT2D eigenvalue weighted by molar-refractivity contribution is 6.00. The van der Waals surface area contributed by atoms with Gasteiger partial charge in [-0.2, -0.15) is 0 Å². The first-order chi connectivity index (χ1) is 21.7. The van der Waals surface area contributed by atoms with Gasteiger partial charge in [-0.1, -0.05) is 103 Å². The zero-order chi connectivity index (χ0) is 31.8. The average molecular weight is 602 g/mol. The third kappa shape index (κ3) is 4.78. The lowest BCUT2D eigenvalue weighted by Gasteiger charge is -2.30. The summed E-state index contributed by atoms with van der Waals surface area (Å²) >= 11 is 0. The van der Waals surface area contributed by atoms with Crippen LogP contribution < -0.4 is 4.90 Å². The van der Waals surface area contributed by atoms with Gasteiger partial charge < -0.3 is 40.9 Å². The lowest BCUT2D eigenvalue weighted by molar-refractivity contribution is 0.372.